The number of hydrogen-bond acceptors (Lipinski definition) is 3. The Bertz CT molecular complexity index is 3170. The van der Waals surface area contributed by atoms with Crippen LogP contribution in [0, 0.1) is 0 Å². The highest BCUT2D eigenvalue weighted by Gasteiger charge is 2.50. The Hall–Kier alpha value is -8.14. The smallest absolute Gasteiger partial charge is 0.160 e. The van der Waals surface area contributed by atoms with Gasteiger partial charge in [0.1, 0.15) is 11.5 Å². The molecule has 290 valence electrons. The number of hydrogen-bond donors (Lipinski definition) is 0. The first-order valence-corrected chi connectivity index (χ1v) is 21.1. The maximum atomic E-state index is 6.81. The number of aromatic nitrogens is 2. The van der Waals surface area contributed by atoms with Gasteiger partial charge in [0, 0.05) is 27.8 Å². The van der Waals surface area contributed by atoms with Crippen LogP contribution >= 0.6 is 0 Å². The van der Waals surface area contributed by atoms with Gasteiger partial charge in [-0.2, -0.15) is 0 Å². The summed E-state index contributed by atoms with van der Waals surface area (Å²) in [6.45, 7) is 0. The summed E-state index contributed by atoms with van der Waals surface area (Å²) < 4.78 is 6.81. The largest absolute Gasteiger partial charge is 0.457 e. The Morgan fingerprint density at radius 2 is 0.694 bits per heavy atom. The van der Waals surface area contributed by atoms with E-state index in [1.54, 1.807) is 0 Å². The van der Waals surface area contributed by atoms with Crippen LogP contribution in [0.3, 0.4) is 0 Å². The van der Waals surface area contributed by atoms with Gasteiger partial charge in [-0.05, 0) is 86.0 Å². The molecular weight excluding hydrogens is 753 g/mol. The molecule has 2 aliphatic rings. The molecule has 10 aromatic rings. The molecular formula is C59H38N2O. The molecule has 0 bridgehead atoms. The molecule has 0 N–H and O–H groups in total. The van der Waals surface area contributed by atoms with Crippen LogP contribution in [0.5, 0.6) is 11.5 Å². The van der Waals surface area contributed by atoms with Crippen LogP contribution in [0.15, 0.2) is 231 Å². The molecule has 0 saturated heterocycles. The molecule has 0 saturated carbocycles. The number of ether oxygens (including phenoxy) is 1. The van der Waals surface area contributed by atoms with Gasteiger partial charge < -0.3 is 4.74 Å². The molecule has 0 radical (unpaired) electrons. The molecule has 1 aliphatic carbocycles. The van der Waals surface area contributed by atoms with Crippen LogP contribution in [0.25, 0.3) is 78.4 Å². The normalized spacial score (nSPS) is 12.8. The first-order chi connectivity index (χ1) is 30.7. The monoisotopic (exact) mass is 790 g/mol. The van der Waals surface area contributed by atoms with E-state index >= 15 is 0 Å². The number of benzene rings is 9. The molecule has 0 amide bonds. The molecule has 0 atom stereocenters. The second kappa shape index (κ2) is 14.5. The number of nitrogens with zero attached hydrogens (tertiary/aromatic N) is 2. The van der Waals surface area contributed by atoms with Crippen LogP contribution < -0.4 is 4.74 Å². The van der Waals surface area contributed by atoms with E-state index in [1.807, 2.05) is 12.1 Å². The maximum absolute atomic E-state index is 6.81. The van der Waals surface area contributed by atoms with Crippen molar-refractivity contribution in [3.8, 4) is 89.9 Å². The predicted octanol–water partition coefficient (Wildman–Crippen LogP) is 14.9. The summed E-state index contributed by atoms with van der Waals surface area (Å²) in [4.78, 5) is 10.5. The zero-order chi connectivity index (χ0) is 41.0. The van der Waals surface area contributed by atoms with Gasteiger partial charge in [0.2, 0.25) is 0 Å². The summed E-state index contributed by atoms with van der Waals surface area (Å²) >= 11 is 0. The zero-order valence-corrected chi connectivity index (χ0v) is 33.7. The van der Waals surface area contributed by atoms with E-state index in [-0.39, 0.29) is 0 Å². The summed E-state index contributed by atoms with van der Waals surface area (Å²) in [5.74, 6) is 2.42. The highest BCUT2D eigenvalue weighted by Crippen LogP contribution is 2.62. The van der Waals surface area contributed by atoms with E-state index in [0.29, 0.717) is 5.82 Å². The van der Waals surface area contributed by atoms with Crippen molar-refractivity contribution in [3.05, 3.63) is 253 Å². The topological polar surface area (TPSA) is 35.0 Å². The average Bonchev–Trinajstić information content (AvgIpc) is 3.65. The quantitative estimate of drug-likeness (QED) is 0.168. The van der Waals surface area contributed by atoms with Crippen LogP contribution in [0.1, 0.15) is 22.3 Å². The number of rotatable bonds is 6. The van der Waals surface area contributed by atoms with Crippen molar-refractivity contribution in [3.63, 3.8) is 0 Å². The Morgan fingerprint density at radius 3 is 1.29 bits per heavy atom. The minimum absolute atomic E-state index is 0.485. The first kappa shape index (κ1) is 35.8. The molecule has 3 heteroatoms. The minimum atomic E-state index is -0.485. The van der Waals surface area contributed by atoms with E-state index in [0.717, 1.165) is 67.4 Å². The third-order valence-electron chi connectivity index (χ3n) is 12.6. The maximum Gasteiger partial charge on any atom is 0.160 e. The summed E-state index contributed by atoms with van der Waals surface area (Å²) in [6.07, 6.45) is 0. The lowest BCUT2D eigenvalue weighted by Gasteiger charge is -2.39. The number of fused-ring (bicyclic) bond motifs is 9. The fraction of sp³-hybridized carbons (Fsp3) is 0.0169. The highest BCUT2D eigenvalue weighted by atomic mass is 16.5. The zero-order valence-electron chi connectivity index (χ0n) is 33.7. The van der Waals surface area contributed by atoms with Gasteiger partial charge in [0.05, 0.1) is 16.8 Å². The number of para-hydroxylation sites is 1. The fourth-order valence-corrected chi connectivity index (χ4v) is 9.70. The molecule has 3 nitrogen and oxygen atoms in total. The molecule has 9 aromatic carbocycles. The Morgan fingerprint density at radius 1 is 0.274 bits per heavy atom. The fourth-order valence-electron chi connectivity index (χ4n) is 9.70. The van der Waals surface area contributed by atoms with Gasteiger partial charge in [-0.3, -0.25) is 0 Å². The van der Waals surface area contributed by atoms with Gasteiger partial charge in [0.15, 0.2) is 5.82 Å². The third kappa shape index (κ3) is 5.82. The average molecular weight is 791 g/mol. The lowest BCUT2D eigenvalue weighted by atomic mass is 9.66. The van der Waals surface area contributed by atoms with Crippen molar-refractivity contribution in [1.82, 2.24) is 9.97 Å². The SMILES string of the molecule is c1ccc(-c2cccc(-c3cc(-c4cccc(-c5ccccc5)c4)nc(-c4ccc(-c5ccc6c(c5)Oc5ccccc5C65c6ccccc6-c6ccccc65)cc4)n3)c2)cc1. The molecule has 0 unspecified atom stereocenters. The summed E-state index contributed by atoms with van der Waals surface area (Å²) in [7, 11) is 0. The van der Waals surface area contributed by atoms with Crippen molar-refractivity contribution >= 4 is 0 Å². The summed E-state index contributed by atoms with van der Waals surface area (Å²) in [6, 6.07) is 81.9. The molecule has 62 heavy (non-hydrogen) atoms. The molecule has 2 heterocycles. The van der Waals surface area contributed by atoms with Crippen LogP contribution in [-0.4, -0.2) is 9.97 Å². The van der Waals surface area contributed by atoms with Crippen molar-refractivity contribution in [2.45, 2.75) is 5.41 Å². The van der Waals surface area contributed by atoms with E-state index in [4.69, 9.17) is 14.7 Å². The third-order valence-corrected chi connectivity index (χ3v) is 12.6. The van der Waals surface area contributed by atoms with Gasteiger partial charge >= 0.3 is 0 Å². The lowest BCUT2D eigenvalue weighted by Crippen LogP contribution is -2.32. The van der Waals surface area contributed by atoms with Gasteiger partial charge in [-0.1, -0.05) is 200 Å². The molecule has 1 aliphatic heterocycles. The molecule has 0 fully saturated rings. The van der Waals surface area contributed by atoms with Gasteiger partial charge in [-0.25, -0.2) is 9.97 Å². The standard InChI is InChI=1S/C59H38N2O/c1-3-15-39(16-4-1)43-19-13-21-46(35-43)54-38-55(47-22-14-20-44(36-47)40-17-5-2-6-18-40)61-58(60-54)42-31-29-41(30-32-42)45-33-34-53-57(37-45)62-56-28-12-11-27-52(56)59(53)50-25-9-7-23-48(50)49-24-8-10-26-51(49)59/h1-38H. The lowest BCUT2D eigenvalue weighted by molar-refractivity contribution is 0.436. The van der Waals surface area contributed by atoms with Crippen LogP contribution in [0.2, 0.25) is 0 Å². The first-order valence-electron chi connectivity index (χ1n) is 21.1. The highest BCUT2D eigenvalue weighted by molar-refractivity contribution is 5.89. The second-order valence-electron chi connectivity index (χ2n) is 16.1. The van der Waals surface area contributed by atoms with E-state index < -0.39 is 5.41 Å². The van der Waals surface area contributed by atoms with Crippen molar-refractivity contribution < 1.29 is 4.74 Å². The predicted molar refractivity (Wildman–Crippen MR) is 252 cm³/mol. The van der Waals surface area contributed by atoms with E-state index in [9.17, 15) is 0 Å². The van der Waals surface area contributed by atoms with Crippen molar-refractivity contribution in [2.75, 3.05) is 0 Å². The van der Waals surface area contributed by atoms with Gasteiger partial charge in [0.25, 0.3) is 0 Å². The van der Waals surface area contributed by atoms with Crippen molar-refractivity contribution in [2.24, 2.45) is 0 Å². The summed E-state index contributed by atoms with van der Waals surface area (Å²) in [5, 5.41) is 0. The Balaban J connectivity index is 0.952. The van der Waals surface area contributed by atoms with Gasteiger partial charge in [-0.15, -0.1) is 0 Å². The molecule has 12 rings (SSSR count). The Labute approximate surface area is 361 Å². The van der Waals surface area contributed by atoms with Crippen LogP contribution in [0.4, 0.5) is 0 Å². The molecule has 1 aromatic heterocycles. The molecule has 1 spiro atoms. The van der Waals surface area contributed by atoms with Crippen LogP contribution in [-0.2, 0) is 5.41 Å². The Kier molecular flexibility index (Phi) is 8.39. The van der Waals surface area contributed by atoms with E-state index in [2.05, 4.69) is 218 Å². The summed E-state index contributed by atoms with van der Waals surface area (Å²) in [5.41, 5.74) is 18.5. The van der Waals surface area contributed by atoms with Crippen molar-refractivity contribution in [1.29, 1.82) is 0 Å². The minimum Gasteiger partial charge on any atom is -0.457 e. The van der Waals surface area contributed by atoms with E-state index in [1.165, 1.54) is 38.9 Å². The second-order valence-corrected chi connectivity index (χ2v) is 16.1.